The zero-order valence-corrected chi connectivity index (χ0v) is 6.38. The van der Waals surface area contributed by atoms with Gasteiger partial charge in [0.15, 0.2) is 0 Å². The van der Waals surface area contributed by atoms with Gasteiger partial charge in [-0.3, -0.25) is 0 Å². The van der Waals surface area contributed by atoms with E-state index in [9.17, 15) is 4.57 Å². The van der Waals surface area contributed by atoms with Crippen LogP contribution in [0.4, 0.5) is 0 Å². The fourth-order valence-electron chi connectivity index (χ4n) is 0. The molecule has 1 unspecified atom stereocenters. The Hall–Kier alpha value is 1.44. The maximum absolute atomic E-state index is 9.78. The van der Waals surface area contributed by atoms with Crippen LogP contribution in [0.2, 0.25) is 0 Å². The predicted molar refractivity (Wildman–Crippen MR) is 17.0 cm³/mol. The second-order valence-corrected chi connectivity index (χ2v) is 10.9. The molecule has 0 aromatic carbocycles. The summed E-state index contributed by atoms with van der Waals surface area (Å²) in [6, 6.07) is 0. The summed E-state index contributed by atoms with van der Waals surface area (Å²) in [5.41, 5.74) is 0. The molecular weight excluding hydrogens is 138 g/mol. The fourth-order valence-corrected chi connectivity index (χ4v) is 0. The Morgan fingerprint density at radius 2 is 2.00 bits per heavy atom. The van der Waals surface area contributed by atoms with Gasteiger partial charge in [-0.05, 0) is 0 Å². The van der Waals surface area contributed by atoms with Crippen molar-refractivity contribution in [3.8, 4) is 0 Å². The maximum atomic E-state index is 9.78. The second-order valence-electron chi connectivity index (χ2n) is 0.702. The molecule has 2 nitrogen and oxygen atoms in total. The molecule has 0 aromatic rings. The molecule has 1 radical (unpaired) electrons. The summed E-state index contributed by atoms with van der Waals surface area (Å²) in [6.45, 7) is 0. The number of rotatable bonds is 0. The van der Waals surface area contributed by atoms with Crippen LogP contribution >= 0.6 is 4.01 Å². The van der Waals surface area contributed by atoms with E-state index in [0.29, 0.717) is 0 Å². The van der Waals surface area contributed by atoms with Gasteiger partial charge in [0.05, 0.1) is 0 Å². The first-order valence-corrected chi connectivity index (χ1v) is 6.76. The zero-order chi connectivity index (χ0) is 4.50. The van der Waals surface area contributed by atoms with Crippen LogP contribution in [-0.2, 0) is 24.5 Å². The van der Waals surface area contributed by atoms with E-state index >= 15 is 0 Å². The molecule has 0 saturated heterocycles. The van der Waals surface area contributed by atoms with Crippen molar-refractivity contribution in [1.29, 1.82) is 0 Å². The first-order valence-electron chi connectivity index (χ1n) is 0.922. The van der Waals surface area contributed by atoms with Gasteiger partial charge in [0.25, 0.3) is 0 Å². The molecule has 0 amide bonds. The van der Waals surface area contributed by atoms with Crippen LogP contribution in [0.5, 0.6) is 0 Å². The predicted octanol–water partition coefficient (Wildman–Crippen LogP) is -0.466. The average Bonchev–Trinajstić information content (AvgIpc) is 0.722. The van der Waals surface area contributed by atoms with Gasteiger partial charge in [0, 0.05) is 0 Å². The molecule has 0 heterocycles. The van der Waals surface area contributed by atoms with Crippen LogP contribution in [0.3, 0.4) is 0 Å². The summed E-state index contributed by atoms with van der Waals surface area (Å²) < 4.78 is 7.17. The molecule has 5 heteroatoms. The van der Waals surface area contributed by atoms with E-state index in [-0.39, 0.29) is 0 Å². The molecule has 0 rings (SSSR count). The molecule has 5 heavy (non-hydrogen) atoms. The second kappa shape index (κ2) is 1.94. The third kappa shape index (κ3) is 31.1. The molecule has 0 aromatic heterocycles. The summed E-state index contributed by atoms with van der Waals surface area (Å²) in [4.78, 5) is 8.09. The molecule has 26 valence electrons. The Morgan fingerprint density at radius 3 is 2.00 bits per heavy atom. The van der Waals surface area contributed by atoms with Crippen molar-refractivity contribution in [3.05, 3.63) is 0 Å². The topological polar surface area (TPSA) is 37.3 Å². The van der Waals surface area contributed by atoms with E-state index in [4.69, 9.17) is 4.89 Å². The van der Waals surface area contributed by atoms with E-state index in [1.54, 1.807) is 0 Å². The van der Waals surface area contributed by atoms with Crippen molar-refractivity contribution in [3.63, 3.8) is 0 Å². The first kappa shape index (κ1) is 6.44. The van der Waals surface area contributed by atoms with Gasteiger partial charge in [-0.1, -0.05) is 0 Å². The van der Waals surface area contributed by atoms with Gasteiger partial charge >= 0.3 is 49.2 Å². The molecule has 0 aliphatic rings. The molecule has 0 saturated carbocycles. The molecule has 0 fully saturated rings. The van der Waals surface area contributed by atoms with Crippen molar-refractivity contribution >= 4 is 19.9 Å². The number of hydrogen-bond donors (Lipinski definition) is 1. The number of hydrogen-bond acceptors (Lipinski definition) is 1. The minimum absolute atomic E-state index is 1.12. The summed E-state index contributed by atoms with van der Waals surface area (Å²) in [6.07, 6.45) is 0. The Labute approximate surface area is 49.3 Å². The van der Waals surface area contributed by atoms with Crippen molar-refractivity contribution in [2.45, 2.75) is 0 Å². The van der Waals surface area contributed by atoms with Gasteiger partial charge in [-0.25, -0.2) is 0 Å². The molecule has 0 bridgehead atoms. The van der Waals surface area contributed by atoms with E-state index < -0.39 is 4.01 Å². The summed E-state index contributed by atoms with van der Waals surface area (Å²) in [5.74, 6) is 0. The molecule has 1 atom stereocenters. The first-order chi connectivity index (χ1) is 2.00. The minimum atomic E-state index is -2.61. The monoisotopic (exact) mass is 140 g/mol. The van der Waals surface area contributed by atoms with Gasteiger partial charge in [-0.15, -0.1) is 0 Å². The van der Waals surface area contributed by atoms with Gasteiger partial charge < -0.3 is 0 Å². The third-order valence-corrected chi connectivity index (χ3v) is 0. The zero-order valence-electron chi connectivity index (χ0n) is 2.51. The average molecular weight is 140 g/mol. The van der Waals surface area contributed by atoms with Crippen molar-refractivity contribution in [1.82, 2.24) is 0 Å². The van der Waals surface area contributed by atoms with Crippen LogP contribution in [0.25, 0.3) is 0 Å². The standard InChI is InChI=1S/Al.HO2P.Ti.H/c;1-3-2;;/h;(H,1,2);;. The quantitative estimate of drug-likeness (QED) is 0.364. The van der Waals surface area contributed by atoms with Crippen molar-refractivity contribution in [2.24, 2.45) is 0 Å². The Morgan fingerprint density at radius 1 is 2.00 bits per heavy atom. The molecule has 0 aliphatic carbocycles. The third-order valence-electron chi connectivity index (χ3n) is 0. The normalized spacial score (nSPS) is 20.8. The SMILES string of the molecule is O=[P](O)([AlH])[Ti]. The summed E-state index contributed by atoms with van der Waals surface area (Å²) in [5, 5.41) is 0. The van der Waals surface area contributed by atoms with Crippen LogP contribution < -0.4 is 0 Å². The van der Waals surface area contributed by atoms with Crippen LogP contribution in [-0.4, -0.2) is 20.7 Å². The van der Waals surface area contributed by atoms with E-state index in [0.717, 1.165) is 15.8 Å². The van der Waals surface area contributed by atoms with Crippen LogP contribution in [0.15, 0.2) is 0 Å². The molecule has 0 spiro atoms. The van der Waals surface area contributed by atoms with Crippen LogP contribution in [0.1, 0.15) is 0 Å². The Bertz CT molecular complexity index is 55.8. The van der Waals surface area contributed by atoms with Gasteiger partial charge in [0.2, 0.25) is 0 Å². The van der Waals surface area contributed by atoms with Crippen LogP contribution in [0, 0.1) is 0 Å². The molecule has 1 N–H and O–H groups in total. The van der Waals surface area contributed by atoms with Crippen molar-refractivity contribution in [2.75, 3.05) is 0 Å². The van der Waals surface area contributed by atoms with Gasteiger partial charge in [-0.2, -0.15) is 0 Å². The van der Waals surface area contributed by atoms with Crippen molar-refractivity contribution < 1.29 is 29.4 Å². The molecular formula is H2AlO2PTi. The summed E-state index contributed by atoms with van der Waals surface area (Å²) >= 11 is 2.43. The van der Waals surface area contributed by atoms with Gasteiger partial charge in [0.1, 0.15) is 0 Å². The van der Waals surface area contributed by atoms with E-state index in [2.05, 4.69) is 0 Å². The summed E-state index contributed by atoms with van der Waals surface area (Å²) in [7, 11) is 0. The van der Waals surface area contributed by atoms with E-state index in [1.165, 1.54) is 19.9 Å². The Kier molecular flexibility index (Phi) is 2.49. The fraction of sp³-hybridized carbons (Fsp3) is 0. The molecule has 0 aliphatic heterocycles. The Balaban J connectivity index is 3.47. The van der Waals surface area contributed by atoms with E-state index in [1.807, 2.05) is 0 Å².